The van der Waals surface area contributed by atoms with Crippen LogP contribution in [0.25, 0.3) is 0 Å². The number of nitrogens with two attached hydrogens (primary N) is 1. The molecule has 0 aliphatic heterocycles. The minimum Gasteiger partial charge on any atom is -0.346 e. The van der Waals surface area contributed by atoms with Crippen LogP contribution in [0.15, 0.2) is 6.07 Å². The third kappa shape index (κ3) is 3.05. The molecule has 0 spiro atoms. The summed E-state index contributed by atoms with van der Waals surface area (Å²) in [7, 11) is 0. The second-order valence-corrected chi connectivity index (χ2v) is 6.14. The van der Waals surface area contributed by atoms with Gasteiger partial charge < -0.3 is 10.3 Å². The summed E-state index contributed by atoms with van der Waals surface area (Å²) in [6, 6.07) is 3.32. The van der Waals surface area contributed by atoms with Gasteiger partial charge in [-0.1, -0.05) is 33.1 Å². The smallest absolute Gasteiger partial charge is 0.0335 e. The van der Waals surface area contributed by atoms with Crippen molar-refractivity contribution >= 4 is 0 Å². The van der Waals surface area contributed by atoms with Crippen molar-refractivity contribution in [2.24, 2.45) is 5.73 Å². The highest BCUT2D eigenvalue weighted by atomic mass is 15.0. The van der Waals surface area contributed by atoms with Gasteiger partial charge in [-0.3, -0.25) is 0 Å². The number of aromatic nitrogens is 1. The molecule has 2 rings (SSSR count). The number of fused-ring (bicyclic) bond motifs is 1. The number of rotatable bonds is 6. The molecule has 2 N–H and O–H groups in total. The molecule has 0 fully saturated rings. The van der Waals surface area contributed by atoms with Gasteiger partial charge in [-0.25, -0.2) is 0 Å². The maximum Gasteiger partial charge on any atom is 0.0335 e. The first kappa shape index (κ1) is 14.6. The second-order valence-electron chi connectivity index (χ2n) is 6.14. The molecule has 1 aromatic heterocycles. The fraction of sp³-hybridized carbons (Fsp3) is 0.765. The van der Waals surface area contributed by atoms with E-state index in [0.29, 0.717) is 6.04 Å². The van der Waals surface area contributed by atoms with Crippen LogP contribution in [0, 0.1) is 6.92 Å². The zero-order chi connectivity index (χ0) is 13.8. The van der Waals surface area contributed by atoms with Crippen LogP contribution in [0.5, 0.6) is 0 Å². The number of nitrogens with zero attached hydrogens (tertiary/aromatic N) is 1. The molecule has 0 saturated carbocycles. The Morgan fingerprint density at radius 2 is 2.11 bits per heavy atom. The number of hydrogen-bond acceptors (Lipinski definition) is 1. The van der Waals surface area contributed by atoms with Crippen LogP contribution in [0.3, 0.4) is 0 Å². The van der Waals surface area contributed by atoms with E-state index in [1.54, 1.807) is 5.69 Å². The topological polar surface area (TPSA) is 30.9 Å². The minimum atomic E-state index is 0.275. The van der Waals surface area contributed by atoms with Crippen molar-refractivity contribution in [2.45, 2.75) is 84.2 Å². The molecule has 0 bridgehead atoms. The predicted molar refractivity (Wildman–Crippen MR) is 82.5 cm³/mol. The largest absolute Gasteiger partial charge is 0.346 e. The van der Waals surface area contributed by atoms with E-state index < -0.39 is 0 Å². The van der Waals surface area contributed by atoms with E-state index in [1.165, 1.54) is 56.2 Å². The number of hydrogen-bond donors (Lipinski definition) is 1. The maximum absolute atomic E-state index is 6.29. The SMILES string of the molecule is CCCCC(CCC)n1c(C)cc2c1CCCC2N. The summed E-state index contributed by atoms with van der Waals surface area (Å²) in [6.45, 7) is 6.85. The average Bonchev–Trinajstić information content (AvgIpc) is 2.73. The Bertz CT molecular complexity index is 406. The van der Waals surface area contributed by atoms with Crippen LogP contribution >= 0.6 is 0 Å². The number of unbranched alkanes of at least 4 members (excludes halogenated alkanes) is 1. The molecule has 0 aromatic carbocycles. The van der Waals surface area contributed by atoms with Crippen molar-refractivity contribution in [1.29, 1.82) is 0 Å². The summed E-state index contributed by atoms with van der Waals surface area (Å²) >= 11 is 0. The fourth-order valence-corrected chi connectivity index (χ4v) is 3.64. The van der Waals surface area contributed by atoms with E-state index in [-0.39, 0.29) is 6.04 Å². The van der Waals surface area contributed by atoms with Crippen LogP contribution in [-0.2, 0) is 6.42 Å². The zero-order valence-corrected chi connectivity index (χ0v) is 12.9. The highest BCUT2D eigenvalue weighted by molar-refractivity contribution is 5.33. The quantitative estimate of drug-likeness (QED) is 0.794. The Hall–Kier alpha value is -0.760. The molecule has 1 aliphatic rings. The first-order valence-corrected chi connectivity index (χ1v) is 8.15. The van der Waals surface area contributed by atoms with Gasteiger partial charge in [0, 0.05) is 23.5 Å². The van der Waals surface area contributed by atoms with Gasteiger partial charge >= 0.3 is 0 Å². The molecule has 2 nitrogen and oxygen atoms in total. The van der Waals surface area contributed by atoms with E-state index in [4.69, 9.17) is 5.73 Å². The summed E-state index contributed by atoms with van der Waals surface area (Å²) in [5.41, 5.74) is 10.7. The minimum absolute atomic E-state index is 0.275. The lowest BCUT2D eigenvalue weighted by Crippen LogP contribution is -2.20. The van der Waals surface area contributed by atoms with Crippen LogP contribution < -0.4 is 5.73 Å². The van der Waals surface area contributed by atoms with Crippen molar-refractivity contribution in [1.82, 2.24) is 4.57 Å². The van der Waals surface area contributed by atoms with Gasteiger partial charge in [0.25, 0.3) is 0 Å². The Labute approximate surface area is 118 Å². The Balaban J connectivity index is 2.30. The predicted octanol–water partition coefficient (Wildman–Crippen LogP) is 4.66. The molecule has 1 heterocycles. The third-order valence-electron chi connectivity index (χ3n) is 4.57. The van der Waals surface area contributed by atoms with Gasteiger partial charge in [-0.2, -0.15) is 0 Å². The molecule has 108 valence electrons. The van der Waals surface area contributed by atoms with Crippen LogP contribution in [0.1, 0.15) is 87.8 Å². The molecule has 0 radical (unpaired) electrons. The summed E-state index contributed by atoms with van der Waals surface area (Å²) in [5, 5.41) is 0. The van der Waals surface area contributed by atoms with Crippen molar-refractivity contribution in [2.75, 3.05) is 0 Å². The molecule has 2 heteroatoms. The Morgan fingerprint density at radius 3 is 2.79 bits per heavy atom. The van der Waals surface area contributed by atoms with Crippen LogP contribution in [0.2, 0.25) is 0 Å². The highest BCUT2D eigenvalue weighted by Gasteiger charge is 2.25. The van der Waals surface area contributed by atoms with Crippen molar-refractivity contribution < 1.29 is 0 Å². The first-order valence-electron chi connectivity index (χ1n) is 8.15. The molecule has 0 saturated heterocycles. The van der Waals surface area contributed by atoms with Crippen LogP contribution in [-0.4, -0.2) is 4.57 Å². The van der Waals surface area contributed by atoms with E-state index in [1.807, 2.05) is 0 Å². The fourth-order valence-electron chi connectivity index (χ4n) is 3.64. The first-order chi connectivity index (χ1) is 9.19. The second kappa shape index (κ2) is 6.60. The van der Waals surface area contributed by atoms with E-state index in [2.05, 4.69) is 31.4 Å². The Kier molecular flexibility index (Phi) is 5.09. The molecule has 0 amide bonds. The average molecular weight is 262 g/mol. The van der Waals surface area contributed by atoms with Crippen molar-refractivity contribution in [3.05, 3.63) is 23.0 Å². The summed E-state index contributed by atoms with van der Waals surface area (Å²) < 4.78 is 2.63. The molecule has 19 heavy (non-hydrogen) atoms. The standard InChI is InChI=1S/C17H30N2/c1-4-6-9-14(8-5-2)19-13(3)12-15-16(18)10-7-11-17(15)19/h12,14,16H,4-11,18H2,1-3H3. The third-order valence-corrected chi connectivity index (χ3v) is 4.57. The molecule has 1 aliphatic carbocycles. The molecule has 2 unspecified atom stereocenters. The lowest BCUT2D eigenvalue weighted by Gasteiger charge is -2.27. The summed E-state index contributed by atoms with van der Waals surface area (Å²) in [6.07, 6.45) is 10.2. The molecule has 1 aromatic rings. The van der Waals surface area contributed by atoms with E-state index >= 15 is 0 Å². The maximum atomic E-state index is 6.29. The van der Waals surface area contributed by atoms with E-state index in [0.717, 1.165) is 6.42 Å². The Morgan fingerprint density at radius 1 is 1.32 bits per heavy atom. The lowest BCUT2D eigenvalue weighted by atomic mass is 9.93. The van der Waals surface area contributed by atoms with Crippen LogP contribution in [0.4, 0.5) is 0 Å². The molecule has 2 atom stereocenters. The van der Waals surface area contributed by atoms with Gasteiger partial charge in [0.05, 0.1) is 0 Å². The van der Waals surface area contributed by atoms with Crippen molar-refractivity contribution in [3.8, 4) is 0 Å². The summed E-state index contributed by atoms with van der Waals surface area (Å²) in [4.78, 5) is 0. The lowest BCUT2D eigenvalue weighted by molar-refractivity contribution is 0.394. The van der Waals surface area contributed by atoms with Gasteiger partial charge in [0.15, 0.2) is 0 Å². The zero-order valence-electron chi connectivity index (χ0n) is 12.9. The molecular formula is C17H30N2. The normalized spacial score (nSPS) is 20.3. The summed E-state index contributed by atoms with van der Waals surface area (Å²) in [5.74, 6) is 0. The monoisotopic (exact) mass is 262 g/mol. The highest BCUT2D eigenvalue weighted by Crippen LogP contribution is 2.35. The van der Waals surface area contributed by atoms with Crippen molar-refractivity contribution in [3.63, 3.8) is 0 Å². The van der Waals surface area contributed by atoms with Gasteiger partial charge in [-0.05, 0) is 50.7 Å². The van der Waals surface area contributed by atoms with Gasteiger partial charge in [0.1, 0.15) is 0 Å². The molecular weight excluding hydrogens is 232 g/mol. The van der Waals surface area contributed by atoms with E-state index in [9.17, 15) is 0 Å². The number of aryl methyl sites for hydroxylation is 1. The van der Waals surface area contributed by atoms with Gasteiger partial charge in [0.2, 0.25) is 0 Å². The van der Waals surface area contributed by atoms with Gasteiger partial charge in [-0.15, -0.1) is 0 Å².